The van der Waals surface area contributed by atoms with E-state index in [0.29, 0.717) is 35.7 Å². The lowest BCUT2D eigenvalue weighted by atomic mass is 9.78. The van der Waals surface area contributed by atoms with E-state index in [4.69, 9.17) is 9.47 Å². The quantitative estimate of drug-likeness (QED) is 0.573. The second-order valence-corrected chi connectivity index (χ2v) is 8.96. The number of rotatable bonds is 5. The molecule has 168 valence electrons. The average Bonchev–Trinajstić information content (AvgIpc) is 3.44. The van der Waals surface area contributed by atoms with Gasteiger partial charge in [-0.05, 0) is 49.6 Å². The zero-order valence-electron chi connectivity index (χ0n) is 18.5. The molecule has 3 aromatic rings. The second-order valence-electron chi connectivity index (χ2n) is 8.06. The highest BCUT2D eigenvalue weighted by atomic mass is 32.1. The number of urea groups is 1. The van der Waals surface area contributed by atoms with Crippen LogP contribution in [0, 0.1) is 12.7 Å². The molecule has 0 aliphatic carbocycles. The van der Waals surface area contributed by atoms with Gasteiger partial charge in [-0.1, -0.05) is 12.1 Å². The van der Waals surface area contributed by atoms with Crippen molar-refractivity contribution in [2.24, 2.45) is 0 Å². The summed E-state index contributed by atoms with van der Waals surface area (Å²) in [4.78, 5) is 19.7. The number of benzene rings is 2. The van der Waals surface area contributed by atoms with Crippen molar-refractivity contribution in [3.63, 3.8) is 0 Å². The summed E-state index contributed by atoms with van der Waals surface area (Å²) < 4.78 is 25.2. The largest absolute Gasteiger partial charge is 0.497 e. The number of anilines is 1. The monoisotopic (exact) mass is 455 g/mol. The molecule has 0 saturated carbocycles. The molecule has 2 amide bonds. The molecule has 2 heterocycles. The van der Waals surface area contributed by atoms with Crippen molar-refractivity contribution in [2.45, 2.75) is 31.7 Å². The fourth-order valence-corrected chi connectivity index (χ4v) is 5.20. The Morgan fingerprint density at radius 2 is 2.06 bits per heavy atom. The molecule has 0 spiro atoms. The normalized spacial score (nSPS) is 20.3. The number of hydrogen-bond donors (Lipinski definition) is 1. The summed E-state index contributed by atoms with van der Waals surface area (Å²) in [6.45, 7) is 4.14. The van der Waals surface area contributed by atoms with Gasteiger partial charge in [-0.3, -0.25) is 0 Å². The highest BCUT2D eigenvalue weighted by Crippen LogP contribution is 2.45. The van der Waals surface area contributed by atoms with E-state index >= 15 is 0 Å². The molecule has 2 unspecified atom stereocenters. The van der Waals surface area contributed by atoms with E-state index in [9.17, 15) is 9.18 Å². The van der Waals surface area contributed by atoms with Crippen LogP contribution in [0.3, 0.4) is 0 Å². The van der Waals surface area contributed by atoms with Crippen molar-refractivity contribution in [3.05, 3.63) is 69.9 Å². The van der Waals surface area contributed by atoms with Crippen LogP contribution in [0.5, 0.6) is 11.5 Å². The molecule has 8 heteroatoms. The summed E-state index contributed by atoms with van der Waals surface area (Å²) in [6, 6.07) is 10.2. The number of likely N-dealkylation sites (tertiary alicyclic amines) is 1. The van der Waals surface area contributed by atoms with Crippen LogP contribution in [0.4, 0.5) is 14.9 Å². The number of carbonyl (C=O) groups is 1. The van der Waals surface area contributed by atoms with Gasteiger partial charge in [-0.25, -0.2) is 14.2 Å². The number of ether oxygens (including phenoxy) is 2. The average molecular weight is 456 g/mol. The third-order valence-corrected chi connectivity index (χ3v) is 7.07. The number of nitrogens with zero attached hydrogens (tertiary/aromatic N) is 2. The molecule has 1 aliphatic heterocycles. The smallest absolute Gasteiger partial charge is 0.322 e. The number of amides is 2. The molecule has 6 nitrogen and oxygen atoms in total. The minimum atomic E-state index is -0.572. The zero-order valence-corrected chi connectivity index (χ0v) is 19.3. The van der Waals surface area contributed by atoms with E-state index in [1.807, 2.05) is 18.4 Å². The Hall–Kier alpha value is -3.13. The summed E-state index contributed by atoms with van der Waals surface area (Å²) in [5.41, 5.74) is 1.38. The van der Waals surface area contributed by atoms with Gasteiger partial charge in [0.15, 0.2) is 0 Å². The predicted octanol–water partition coefficient (Wildman–Crippen LogP) is 5.22. The van der Waals surface area contributed by atoms with Crippen LogP contribution in [0.25, 0.3) is 0 Å². The first kappa shape index (κ1) is 22.1. The second kappa shape index (κ2) is 8.78. The molecule has 1 N–H and O–H groups in total. The van der Waals surface area contributed by atoms with E-state index in [1.54, 1.807) is 62.6 Å². The van der Waals surface area contributed by atoms with Gasteiger partial charge in [0, 0.05) is 30.2 Å². The summed E-state index contributed by atoms with van der Waals surface area (Å²) in [7, 11) is 3.12. The maximum absolute atomic E-state index is 14.5. The molecular formula is C24H26FN3O3S. The number of carbonyl (C=O) groups excluding carboxylic acids is 1. The Labute approximate surface area is 191 Å². The number of nitrogens with one attached hydrogen (secondary N) is 1. The van der Waals surface area contributed by atoms with Gasteiger partial charge in [0.05, 0.1) is 25.3 Å². The molecule has 2 atom stereocenters. The lowest BCUT2D eigenvalue weighted by molar-refractivity contribution is 0.208. The van der Waals surface area contributed by atoms with Crippen molar-refractivity contribution in [1.82, 2.24) is 9.88 Å². The van der Waals surface area contributed by atoms with Crippen LogP contribution in [-0.4, -0.2) is 42.7 Å². The first-order valence-electron chi connectivity index (χ1n) is 10.3. The van der Waals surface area contributed by atoms with E-state index in [0.717, 1.165) is 10.6 Å². The number of hydrogen-bond acceptors (Lipinski definition) is 5. The SMILES string of the molecule is COc1ccc(OC)c(NC(=O)N2CC(c3ccc(C)c(F)c3)(c3nccs3)CC2C)c1. The van der Waals surface area contributed by atoms with Gasteiger partial charge < -0.3 is 19.7 Å². The van der Waals surface area contributed by atoms with Gasteiger partial charge in [-0.2, -0.15) is 0 Å². The first-order chi connectivity index (χ1) is 15.4. The summed E-state index contributed by atoms with van der Waals surface area (Å²) in [6.07, 6.45) is 2.40. The fraction of sp³-hybridized carbons (Fsp3) is 0.333. The topological polar surface area (TPSA) is 63.7 Å². The van der Waals surface area contributed by atoms with Crippen LogP contribution < -0.4 is 14.8 Å². The zero-order chi connectivity index (χ0) is 22.9. The Kier molecular flexibility index (Phi) is 6.06. The summed E-state index contributed by atoms with van der Waals surface area (Å²) in [5, 5.41) is 5.74. The summed E-state index contributed by atoms with van der Waals surface area (Å²) >= 11 is 1.53. The van der Waals surface area contributed by atoms with Crippen LogP contribution in [-0.2, 0) is 5.41 Å². The number of aromatic nitrogens is 1. The molecule has 2 aromatic carbocycles. The van der Waals surface area contributed by atoms with E-state index < -0.39 is 5.41 Å². The first-order valence-corrected chi connectivity index (χ1v) is 11.2. The van der Waals surface area contributed by atoms with Crippen molar-refractivity contribution in [2.75, 3.05) is 26.1 Å². The third kappa shape index (κ3) is 3.90. The van der Waals surface area contributed by atoms with Gasteiger partial charge in [0.2, 0.25) is 0 Å². The minimum absolute atomic E-state index is 0.0835. The molecular weight excluding hydrogens is 429 g/mol. The number of aryl methyl sites for hydroxylation is 1. The van der Waals surface area contributed by atoms with Crippen LogP contribution >= 0.6 is 11.3 Å². The number of thiazole rings is 1. The van der Waals surface area contributed by atoms with E-state index in [-0.39, 0.29) is 17.9 Å². The van der Waals surface area contributed by atoms with Gasteiger partial charge >= 0.3 is 6.03 Å². The Bertz CT molecular complexity index is 1120. The van der Waals surface area contributed by atoms with Crippen molar-refractivity contribution < 1.29 is 18.7 Å². The minimum Gasteiger partial charge on any atom is -0.497 e. The maximum atomic E-state index is 14.5. The van der Waals surface area contributed by atoms with Crippen molar-refractivity contribution >= 4 is 23.1 Å². The molecule has 0 radical (unpaired) electrons. The van der Waals surface area contributed by atoms with Crippen molar-refractivity contribution in [1.29, 1.82) is 0 Å². The highest BCUT2D eigenvalue weighted by molar-refractivity contribution is 7.09. The van der Waals surface area contributed by atoms with Crippen LogP contribution in [0.1, 0.15) is 29.5 Å². The van der Waals surface area contributed by atoms with Gasteiger partial charge in [0.25, 0.3) is 0 Å². The van der Waals surface area contributed by atoms with Crippen LogP contribution in [0.2, 0.25) is 0 Å². The van der Waals surface area contributed by atoms with E-state index in [1.165, 1.54) is 11.3 Å². The van der Waals surface area contributed by atoms with Crippen LogP contribution in [0.15, 0.2) is 48.0 Å². The van der Waals surface area contributed by atoms with E-state index in [2.05, 4.69) is 10.3 Å². The lowest BCUT2D eigenvalue weighted by Crippen LogP contribution is -2.39. The third-order valence-electron chi connectivity index (χ3n) is 6.09. The highest BCUT2D eigenvalue weighted by Gasteiger charge is 2.48. The Balaban J connectivity index is 1.67. The lowest BCUT2D eigenvalue weighted by Gasteiger charge is -2.28. The molecule has 4 rings (SSSR count). The molecule has 32 heavy (non-hydrogen) atoms. The number of methoxy groups -OCH3 is 2. The summed E-state index contributed by atoms with van der Waals surface area (Å²) in [5.74, 6) is 0.899. The Morgan fingerprint density at radius 3 is 2.72 bits per heavy atom. The van der Waals surface area contributed by atoms with Gasteiger partial charge in [-0.15, -0.1) is 11.3 Å². The molecule has 0 bridgehead atoms. The fourth-order valence-electron chi connectivity index (χ4n) is 4.33. The van der Waals surface area contributed by atoms with Gasteiger partial charge in [0.1, 0.15) is 22.3 Å². The van der Waals surface area contributed by atoms with Crippen molar-refractivity contribution in [3.8, 4) is 11.5 Å². The molecule has 1 saturated heterocycles. The number of halogens is 1. The molecule has 1 fully saturated rings. The Morgan fingerprint density at radius 1 is 1.25 bits per heavy atom. The standard InChI is InChI=1S/C24H26FN3O3S/c1-15-5-6-17(11-19(15)25)24(22-26-9-10-32-22)13-16(2)28(14-24)23(29)27-20-12-18(30-3)7-8-21(20)31-4/h5-12,16H,13-14H2,1-4H3,(H,27,29). The maximum Gasteiger partial charge on any atom is 0.322 e. The molecule has 1 aromatic heterocycles. The predicted molar refractivity (Wildman–Crippen MR) is 123 cm³/mol. The molecule has 1 aliphatic rings.